The van der Waals surface area contributed by atoms with E-state index in [1.807, 2.05) is 41.9 Å². The van der Waals surface area contributed by atoms with Crippen molar-refractivity contribution in [1.82, 2.24) is 9.78 Å². The van der Waals surface area contributed by atoms with Gasteiger partial charge in [-0.1, -0.05) is 18.2 Å². The first kappa shape index (κ1) is 16.9. The molecule has 2 bridgehead atoms. The molecule has 26 heavy (non-hydrogen) atoms. The third-order valence-corrected chi connectivity index (χ3v) is 4.94. The summed E-state index contributed by atoms with van der Waals surface area (Å²) in [5.41, 5.74) is 4.26. The molecule has 2 aromatic carbocycles. The Morgan fingerprint density at radius 3 is 2.19 bits per heavy atom. The highest BCUT2D eigenvalue weighted by molar-refractivity contribution is 5.63. The van der Waals surface area contributed by atoms with Gasteiger partial charge in [0, 0.05) is 5.56 Å². The SMILES string of the molecule is C1CC2CC1O2.COc1ccc(-c2cc(C)nn2-c2ccccc2)cc1. The van der Waals surface area contributed by atoms with Crippen LogP contribution in [0.1, 0.15) is 25.0 Å². The van der Waals surface area contributed by atoms with E-state index in [0.29, 0.717) is 12.2 Å². The Kier molecular flexibility index (Phi) is 4.76. The number of benzene rings is 2. The smallest absolute Gasteiger partial charge is 0.118 e. The van der Waals surface area contributed by atoms with Gasteiger partial charge in [-0.25, -0.2) is 4.68 Å². The van der Waals surface area contributed by atoms with Gasteiger partial charge in [0.2, 0.25) is 0 Å². The molecule has 2 atom stereocenters. The van der Waals surface area contributed by atoms with Gasteiger partial charge < -0.3 is 9.47 Å². The van der Waals surface area contributed by atoms with Crippen LogP contribution in [0.15, 0.2) is 60.7 Å². The molecule has 0 radical (unpaired) electrons. The standard InChI is InChI=1S/C17H16N2O.C5H8O/c1-13-12-17(14-8-10-16(20-2)11-9-14)19(18-13)15-6-4-3-5-7-15;1-2-5-3-4(1)6-5/h3-12H,1-2H3;4-5H,1-3H2. The first-order valence-corrected chi connectivity index (χ1v) is 9.15. The summed E-state index contributed by atoms with van der Waals surface area (Å²) in [6.07, 6.45) is 5.42. The molecule has 2 unspecified atom stereocenters. The van der Waals surface area contributed by atoms with Crippen molar-refractivity contribution in [3.05, 3.63) is 66.4 Å². The normalized spacial score (nSPS) is 20.1. The van der Waals surface area contributed by atoms with Crippen LogP contribution >= 0.6 is 0 Å². The van der Waals surface area contributed by atoms with Gasteiger partial charge in [-0.15, -0.1) is 0 Å². The van der Waals surface area contributed by atoms with Gasteiger partial charge in [-0.2, -0.15) is 5.10 Å². The van der Waals surface area contributed by atoms with Crippen molar-refractivity contribution in [1.29, 1.82) is 0 Å². The van der Waals surface area contributed by atoms with E-state index in [9.17, 15) is 0 Å². The number of nitrogens with zero attached hydrogens (tertiary/aromatic N) is 2. The number of methoxy groups -OCH3 is 1. The summed E-state index contributed by atoms with van der Waals surface area (Å²) < 4.78 is 12.4. The van der Waals surface area contributed by atoms with Crippen molar-refractivity contribution in [2.75, 3.05) is 7.11 Å². The molecule has 2 saturated heterocycles. The van der Waals surface area contributed by atoms with Crippen LogP contribution in [-0.2, 0) is 4.74 Å². The van der Waals surface area contributed by atoms with Crippen molar-refractivity contribution in [3.8, 4) is 22.7 Å². The molecule has 134 valence electrons. The summed E-state index contributed by atoms with van der Waals surface area (Å²) in [6.45, 7) is 2.01. The van der Waals surface area contributed by atoms with Crippen molar-refractivity contribution < 1.29 is 9.47 Å². The van der Waals surface area contributed by atoms with Crippen LogP contribution in [0.5, 0.6) is 5.75 Å². The Hall–Kier alpha value is -2.59. The molecule has 4 nitrogen and oxygen atoms in total. The Morgan fingerprint density at radius 1 is 1.00 bits per heavy atom. The number of rotatable bonds is 3. The van der Waals surface area contributed by atoms with Crippen molar-refractivity contribution in [2.45, 2.75) is 38.4 Å². The minimum atomic E-state index is 0.690. The van der Waals surface area contributed by atoms with E-state index in [1.165, 1.54) is 19.3 Å². The molecule has 3 aliphatic rings. The maximum atomic E-state index is 5.25. The van der Waals surface area contributed by atoms with Gasteiger partial charge in [-0.05, 0) is 68.7 Å². The van der Waals surface area contributed by atoms with E-state index >= 15 is 0 Å². The molecule has 0 amide bonds. The second kappa shape index (κ2) is 7.34. The molecule has 1 saturated carbocycles. The highest BCUT2D eigenvalue weighted by Gasteiger charge is 2.36. The predicted molar refractivity (Wildman–Crippen MR) is 103 cm³/mol. The zero-order valence-electron chi connectivity index (χ0n) is 15.3. The van der Waals surface area contributed by atoms with Crippen LogP contribution < -0.4 is 4.74 Å². The van der Waals surface area contributed by atoms with E-state index in [1.54, 1.807) is 7.11 Å². The average Bonchev–Trinajstić information content (AvgIpc) is 3.39. The number of para-hydroxylation sites is 1. The lowest BCUT2D eigenvalue weighted by molar-refractivity contribution is -0.0647. The van der Waals surface area contributed by atoms with Gasteiger partial charge in [0.25, 0.3) is 0 Å². The van der Waals surface area contributed by atoms with Gasteiger partial charge in [0.1, 0.15) is 5.75 Å². The van der Waals surface area contributed by atoms with Gasteiger partial charge >= 0.3 is 0 Å². The average molecular weight is 348 g/mol. The van der Waals surface area contributed by atoms with Crippen molar-refractivity contribution in [3.63, 3.8) is 0 Å². The lowest BCUT2D eigenvalue weighted by Gasteiger charge is -2.23. The van der Waals surface area contributed by atoms with Gasteiger partial charge in [0.05, 0.1) is 36.4 Å². The molecule has 6 rings (SSSR count). The van der Waals surface area contributed by atoms with E-state index in [-0.39, 0.29) is 0 Å². The summed E-state index contributed by atoms with van der Waals surface area (Å²) >= 11 is 0. The summed E-state index contributed by atoms with van der Waals surface area (Å²) in [5.74, 6) is 0.858. The van der Waals surface area contributed by atoms with Gasteiger partial charge in [0.15, 0.2) is 0 Å². The maximum absolute atomic E-state index is 5.25. The van der Waals surface area contributed by atoms with Crippen LogP contribution in [0.25, 0.3) is 16.9 Å². The fraction of sp³-hybridized carbons (Fsp3) is 0.318. The first-order valence-electron chi connectivity index (χ1n) is 9.15. The predicted octanol–water partition coefficient (Wildman–Crippen LogP) is 4.79. The van der Waals surface area contributed by atoms with E-state index in [0.717, 1.165) is 28.4 Å². The Balaban J connectivity index is 0.000000233. The summed E-state index contributed by atoms with van der Waals surface area (Å²) in [4.78, 5) is 0. The van der Waals surface area contributed by atoms with Gasteiger partial charge in [-0.3, -0.25) is 0 Å². The molecule has 3 heterocycles. The quantitative estimate of drug-likeness (QED) is 0.682. The molecule has 1 aromatic heterocycles. The molecule has 3 fully saturated rings. The van der Waals surface area contributed by atoms with Crippen LogP contribution in [0, 0.1) is 6.92 Å². The lowest BCUT2D eigenvalue weighted by Crippen LogP contribution is -2.25. The summed E-state index contributed by atoms with van der Waals surface area (Å²) in [5, 5.41) is 4.59. The number of hydrogen-bond acceptors (Lipinski definition) is 3. The zero-order chi connectivity index (χ0) is 17.9. The number of aromatic nitrogens is 2. The topological polar surface area (TPSA) is 36.3 Å². The fourth-order valence-electron chi connectivity index (χ4n) is 3.53. The molecule has 0 N–H and O–H groups in total. The lowest BCUT2D eigenvalue weighted by atomic mass is 10.1. The molecular weight excluding hydrogens is 324 g/mol. The van der Waals surface area contributed by atoms with E-state index < -0.39 is 0 Å². The first-order chi connectivity index (χ1) is 12.7. The van der Waals surface area contributed by atoms with Crippen LogP contribution in [0.3, 0.4) is 0 Å². The van der Waals surface area contributed by atoms with Crippen LogP contribution in [0.2, 0.25) is 0 Å². The molecule has 0 spiro atoms. The Morgan fingerprint density at radius 2 is 1.65 bits per heavy atom. The highest BCUT2D eigenvalue weighted by Crippen LogP contribution is 2.36. The Labute approximate surface area is 154 Å². The summed E-state index contributed by atoms with van der Waals surface area (Å²) in [6, 6.07) is 20.3. The number of ether oxygens (including phenoxy) is 2. The van der Waals surface area contributed by atoms with E-state index in [2.05, 4.69) is 35.4 Å². The van der Waals surface area contributed by atoms with Crippen LogP contribution in [-0.4, -0.2) is 29.1 Å². The van der Waals surface area contributed by atoms with Crippen LogP contribution in [0.4, 0.5) is 0 Å². The fourth-order valence-corrected chi connectivity index (χ4v) is 3.53. The number of aryl methyl sites for hydroxylation is 1. The second-order valence-electron chi connectivity index (χ2n) is 6.84. The molecular formula is C22H24N2O2. The van der Waals surface area contributed by atoms with E-state index in [4.69, 9.17) is 9.47 Å². The largest absolute Gasteiger partial charge is 0.497 e. The molecule has 4 heteroatoms. The highest BCUT2D eigenvalue weighted by atomic mass is 16.5. The third-order valence-electron chi connectivity index (χ3n) is 4.94. The summed E-state index contributed by atoms with van der Waals surface area (Å²) in [7, 11) is 1.67. The minimum Gasteiger partial charge on any atom is -0.497 e. The van der Waals surface area contributed by atoms with Crippen molar-refractivity contribution >= 4 is 0 Å². The monoisotopic (exact) mass is 348 g/mol. The zero-order valence-corrected chi connectivity index (χ0v) is 15.3. The molecule has 3 aromatic rings. The third kappa shape index (κ3) is 3.51. The Bertz CT molecular complexity index is 836. The minimum absolute atomic E-state index is 0.690. The van der Waals surface area contributed by atoms with Crippen molar-refractivity contribution in [2.24, 2.45) is 0 Å². The number of hydrogen-bond donors (Lipinski definition) is 0. The molecule has 2 aliphatic heterocycles. The maximum Gasteiger partial charge on any atom is 0.118 e. The second-order valence-corrected chi connectivity index (χ2v) is 6.84. The number of fused-ring (bicyclic) bond motifs is 1. The molecule has 1 aliphatic carbocycles.